The zero-order valence-electron chi connectivity index (χ0n) is 18.4. The lowest BCUT2D eigenvalue weighted by Gasteiger charge is -2.26. The first kappa shape index (κ1) is 25.4. The van der Waals surface area contributed by atoms with E-state index in [0.29, 0.717) is 24.8 Å². The third-order valence-corrected chi connectivity index (χ3v) is 6.41. The number of ether oxygens (including phenoxy) is 1. The zero-order valence-corrected chi connectivity index (χ0v) is 20.8. The van der Waals surface area contributed by atoms with Crippen LogP contribution in [-0.2, 0) is 14.3 Å². The van der Waals surface area contributed by atoms with Gasteiger partial charge in [-0.2, -0.15) is 0 Å². The van der Waals surface area contributed by atoms with Crippen molar-refractivity contribution in [2.45, 2.75) is 46.0 Å². The minimum atomic E-state index is -0.185. The van der Waals surface area contributed by atoms with E-state index < -0.39 is 0 Å². The highest BCUT2D eigenvalue weighted by molar-refractivity contribution is 9.10. The summed E-state index contributed by atoms with van der Waals surface area (Å²) in [6, 6.07) is 7.76. The first-order chi connectivity index (χ1) is 15.0. The number of carbonyl (C=O) groups is 2. The summed E-state index contributed by atoms with van der Waals surface area (Å²) in [5.74, 6) is -0.0823. The Bertz CT molecular complexity index is 828. The molecule has 2 rings (SSSR count). The van der Waals surface area contributed by atoms with Crippen LogP contribution in [0, 0.1) is 5.92 Å². The van der Waals surface area contributed by atoms with Gasteiger partial charge in [0.05, 0.1) is 6.61 Å². The number of nitrogens with one attached hydrogen (secondary N) is 1. The average Bonchev–Trinajstić information content (AvgIpc) is 3.23. The molecule has 31 heavy (non-hydrogen) atoms. The van der Waals surface area contributed by atoms with Crippen LogP contribution in [0.1, 0.15) is 46.0 Å². The van der Waals surface area contributed by atoms with Gasteiger partial charge < -0.3 is 15.0 Å². The van der Waals surface area contributed by atoms with Crippen molar-refractivity contribution in [2.75, 3.05) is 32.1 Å². The molecule has 0 saturated heterocycles. The minimum absolute atomic E-state index is 0.00324. The molecule has 0 aliphatic carbocycles. The Hall–Kier alpha value is -1.84. The van der Waals surface area contributed by atoms with Crippen LogP contribution in [0.4, 0.5) is 5.13 Å². The number of aromatic nitrogens is 2. The van der Waals surface area contributed by atoms with Crippen molar-refractivity contribution in [2.24, 2.45) is 5.92 Å². The predicted octanol–water partition coefficient (Wildman–Crippen LogP) is 4.99. The normalized spacial score (nSPS) is 11.9. The molecule has 1 atom stereocenters. The molecule has 0 aliphatic rings. The standard InChI is InChI=1S/C22H31BrN4O3S/c1-4-6-7-16(5-2)21(29)27(14-15-30-3)13-12-19(28)24-22-26-25-20(31-22)17-8-10-18(23)11-9-17/h8-11,16H,4-7,12-15H2,1-3H3,(H,24,26,28). The number of unbranched alkanes of at least 4 members (excludes halogenated alkanes) is 1. The number of methoxy groups -OCH3 is 1. The Morgan fingerprint density at radius 3 is 2.58 bits per heavy atom. The van der Waals surface area contributed by atoms with Gasteiger partial charge in [-0.05, 0) is 25.0 Å². The second-order valence-electron chi connectivity index (χ2n) is 7.28. The second kappa shape index (κ2) is 13.5. The maximum atomic E-state index is 13.0. The molecule has 0 spiro atoms. The summed E-state index contributed by atoms with van der Waals surface area (Å²) < 4.78 is 6.15. The lowest BCUT2D eigenvalue weighted by molar-refractivity contribution is -0.137. The van der Waals surface area contributed by atoms with Gasteiger partial charge in [-0.3, -0.25) is 9.59 Å². The van der Waals surface area contributed by atoms with E-state index in [1.807, 2.05) is 31.2 Å². The molecule has 7 nitrogen and oxygen atoms in total. The molecule has 0 saturated carbocycles. The number of carbonyl (C=O) groups excluding carboxylic acids is 2. The molecule has 170 valence electrons. The van der Waals surface area contributed by atoms with E-state index in [2.05, 4.69) is 38.4 Å². The molecule has 0 radical (unpaired) electrons. The van der Waals surface area contributed by atoms with E-state index in [1.165, 1.54) is 11.3 Å². The number of halogens is 1. The van der Waals surface area contributed by atoms with Gasteiger partial charge in [-0.25, -0.2) is 0 Å². The topological polar surface area (TPSA) is 84.4 Å². The van der Waals surface area contributed by atoms with Crippen molar-refractivity contribution < 1.29 is 14.3 Å². The van der Waals surface area contributed by atoms with Crippen molar-refractivity contribution in [3.63, 3.8) is 0 Å². The van der Waals surface area contributed by atoms with Crippen LogP contribution < -0.4 is 5.32 Å². The fraction of sp³-hybridized carbons (Fsp3) is 0.545. The number of nitrogens with zero attached hydrogens (tertiary/aromatic N) is 3. The first-order valence-corrected chi connectivity index (χ1v) is 12.3. The predicted molar refractivity (Wildman–Crippen MR) is 128 cm³/mol. The third-order valence-electron chi connectivity index (χ3n) is 5.00. The largest absolute Gasteiger partial charge is 0.383 e. The quantitative estimate of drug-likeness (QED) is 0.410. The zero-order chi connectivity index (χ0) is 22.6. The summed E-state index contributed by atoms with van der Waals surface area (Å²) >= 11 is 4.73. The Morgan fingerprint density at radius 2 is 1.94 bits per heavy atom. The fourth-order valence-electron chi connectivity index (χ4n) is 3.15. The molecule has 9 heteroatoms. The lowest BCUT2D eigenvalue weighted by atomic mass is 9.97. The molecule has 2 aromatic rings. The summed E-state index contributed by atoms with van der Waals surface area (Å²) in [6.45, 7) is 5.45. The molecule has 1 heterocycles. The number of amides is 2. The number of hydrogen-bond acceptors (Lipinski definition) is 6. The lowest BCUT2D eigenvalue weighted by Crippen LogP contribution is -2.40. The molecule has 1 N–H and O–H groups in total. The van der Waals surface area contributed by atoms with Crippen molar-refractivity contribution in [1.82, 2.24) is 15.1 Å². The van der Waals surface area contributed by atoms with Gasteiger partial charge in [0.15, 0.2) is 0 Å². The van der Waals surface area contributed by atoms with E-state index in [4.69, 9.17) is 4.74 Å². The molecule has 0 bridgehead atoms. The van der Waals surface area contributed by atoms with E-state index in [1.54, 1.807) is 12.0 Å². The number of anilines is 1. The molecular weight excluding hydrogens is 480 g/mol. The molecule has 1 aromatic heterocycles. The maximum absolute atomic E-state index is 13.0. The summed E-state index contributed by atoms with van der Waals surface area (Å²) in [6.07, 6.45) is 3.98. The van der Waals surface area contributed by atoms with Crippen molar-refractivity contribution in [3.05, 3.63) is 28.7 Å². The Balaban J connectivity index is 1.93. The van der Waals surface area contributed by atoms with Crippen LogP contribution in [0.3, 0.4) is 0 Å². The average molecular weight is 511 g/mol. The maximum Gasteiger partial charge on any atom is 0.227 e. The first-order valence-electron chi connectivity index (χ1n) is 10.6. The van der Waals surface area contributed by atoms with Crippen LogP contribution in [0.2, 0.25) is 0 Å². The summed E-state index contributed by atoms with van der Waals surface area (Å²) in [4.78, 5) is 27.2. The number of rotatable bonds is 13. The van der Waals surface area contributed by atoms with Gasteiger partial charge in [-0.15, -0.1) is 10.2 Å². The molecule has 2 amide bonds. The highest BCUT2D eigenvalue weighted by Crippen LogP contribution is 2.27. The van der Waals surface area contributed by atoms with Gasteiger partial charge in [0.2, 0.25) is 16.9 Å². The van der Waals surface area contributed by atoms with E-state index in [9.17, 15) is 9.59 Å². The number of hydrogen-bond donors (Lipinski definition) is 1. The monoisotopic (exact) mass is 510 g/mol. The van der Waals surface area contributed by atoms with Crippen molar-refractivity contribution >= 4 is 44.2 Å². The highest BCUT2D eigenvalue weighted by Gasteiger charge is 2.23. The summed E-state index contributed by atoms with van der Waals surface area (Å²) in [7, 11) is 1.61. The third kappa shape index (κ3) is 8.31. The van der Waals surface area contributed by atoms with Gasteiger partial charge in [0.1, 0.15) is 5.01 Å². The number of benzene rings is 1. The van der Waals surface area contributed by atoms with Crippen LogP contribution in [0.15, 0.2) is 28.7 Å². The van der Waals surface area contributed by atoms with E-state index >= 15 is 0 Å². The minimum Gasteiger partial charge on any atom is -0.383 e. The highest BCUT2D eigenvalue weighted by atomic mass is 79.9. The summed E-state index contributed by atoms with van der Waals surface area (Å²) in [5, 5.41) is 12.2. The van der Waals surface area contributed by atoms with Gasteiger partial charge in [0, 0.05) is 42.6 Å². The molecule has 0 fully saturated rings. The van der Waals surface area contributed by atoms with E-state index in [0.717, 1.165) is 40.7 Å². The Labute approximate surface area is 196 Å². The van der Waals surface area contributed by atoms with Crippen LogP contribution in [0.25, 0.3) is 10.6 Å². The molecular formula is C22H31BrN4O3S. The van der Waals surface area contributed by atoms with Crippen LogP contribution >= 0.6 is 27.3 Å². The molecule has 0 aliphatic heterocycles. The Kier molecular flexibility index (Phi) is 11.1. The molecule has 1 aromatic carbocycles. The fourth-order valence-corrected chi connectivity index (χ4v) is 4.18. The summed E-state index contributed by atoms with van der Waals surface area (Å²) in [5.41, 5.74) is 0.940. The van der Waals surface area contributed by atoms with Crippen molar-refractivity contribution in [3.8, 4) is 10.6 Å². The van der Waals surface area contributed by atoms with Crippen LogP contribution in [0.5, 0.6) is 0 Å². The van der Waals surface area contributed by atoms with Gasteiger partial charge in [-0.1, -0.05) is 66.1 Å². The van der Waals surface area contributed by atoms with Crippen molar-refractivity contribution in [1.29, 1.82) is 0 Å². The van der Waals surface area contributed by atoms with Gasteiger partial charge >= 0.3 is 0 Å². The second-order valence-corrected chi connectivity index (χ2v) is 9.18. The molecule has 1 unspecified atom stereocenters. The van der Waals surface area contributed by atoms with Crippen LogP contribution in [-0.4, -0.2) is 53.7 Å². The smallest absolute Gasteiger partial charge is 0.227 e. The SMILES string of the molecule is CCCCC(CC)C(=O)N(CCOC)CCC(=O)Nc1nnc(-c2ccc(Br)cc2)s1. The Morgan fingerprint density at radius 1 is 1.19 bits per heavy atom. The van der Waals surface area contributed by atoms with E-state index in [-0.39, 0.29) is 24.2 Å². The van der Waals surface area contributed by atoms with Gasteiger partial charge in [0.25, 0.3) is 0 Å².